The molecule has 0 aliphatic heterocycles. The molecule has 1 heterocycles. The fraction of sp³-hybridized carbons (Fsp3) is 0.150. The normalized spacial score (nSPS) is 10.6. The van der Waals surface area contributed by atoms with Gasteiger partial charge in [-0.3, -0.25) is 9.59 Å². The van der Waals surface area contributed by atoms with E-state index < -0.39 is 5.97 Å². The van der Waals surface area contributed by atoms with Gasteiger partial charge in [0.05, 0.1) is 24.8 Å². The number of hydrogen-bond donors (Lipinski definition) is 1. The van der Waals surface area contributed by atoms with Crippen LogP contribution in [0.2, 0.25) is 5.02 Å². The summed E-state index contributed by atoms with van der Waals surface area (Å²) in [5.41, 5.74) is 2.33. The van der Waals surface area contributed by atoms with Crippen LogP contribution in [0.3, 0.4) is 0 Å². The fourth-order valence-corrected chi connectivity index (χ4v) is 3.70. The summed E-state index contributed by atoms with van der Waals surface area (Å²) in [6.45, 7) is 0.00301. The highest BCUT2D eigenvalue weighted by atomic mass is 79.9. The highest BCUT2D eigenvalue weighted by Crippen LogP contribution is 2.27. The first kappa shape index (κ1) is 21.4. The minimum Gasteiger partial charge on any atom is -0.468 e. The molecule has 0 saturated carbocycles. The van der Waals surface area contributed by atoms with E-state index in [9.17, 15) is 9.59 Å². The third kappa shape index (κ3) is 5.85. The average Bonchev–Trinajstić information content (AvgIpc) is 3.11. The van der Waals surface area contributed by atoms with Gasteiger partial charge in [0, 0.05) is 15.2 Å². The zero-order chi connectivity index (χ0) is 20.8. The Labute approximate surface area is 185 Å². The Kier molecular flexibility index (Phi) is 7.35. The number of methoxy groups -OCH3 is 1. The summed E-state index contributed by atoms with van der Waals surface area (Å²) >= 11 is 10.5. The van der Waals surface area contributed by atoms with Gasteiger partial charge in [0.15, 0.2) is 5.16 Å². The first-order valence-electron chi connectivity index (χ1n) is 8.53. The van der Waals surface area contributed by atoms with Gasteiger partial charge in [0.1, 0.15) is 6.54 Å². The standard InChI is InChI=1S/C20H17BrClN3O3S/c1-28-19(27)11-25-17(13-2-4-14(21)5-3-13)10-23-20(25)29-12-18(26)24-16-8-6-15(22)7-9-16/h2-10H,11-12H2,1H3,(H,24,26). The molecular formula is C20H17BrClN3O3S. The van der Waals surface area contributed by atoms with Crippen molar-refractivity contribution in [3.05, 3.63) is 64.2 Å². The first-order valence-corrected chi connectivity index (χ1v) is 10.7. The van der Waals surface area contributed by atoms with E-state index in [1.165, 1.54) is 18.9 Å². The maximum Gasteiger partial charge on any atom is 0.325 e. The summed E-state index contributed by atoms with van der Waals surface area (Å²) in [6, 6.07) is 14.6. The molecule has 0 fully saturated rings. The second-order valence-electron chi connectivity index (χ2n) is 5.94. The molecule has 9 heteroatoms. The van der Waals surface area contributed by atoms with Gasteiger partial charge < -0.3 is 14.6 Å². The number of thioether (sulfide) groups is 1. The lowest BCUT2D eigenvalue weighted by molar-refractivity contribution is -0.141. The summed E-state index contributed by atoms with van der Waals surface area (Å²) in [7, 11) is 1.34. The molecule has 0 unspecified atom stereocenters. The molecule has 0 aliphatic carbocycles. The van der Waals surface area contributed by atoms with Gasteiger partial charge in [-0.25, -0.2) is 4.98 Å². The molecule has 0 bridgehead atoms. The molecule has 0 radical (unpaired) electrons. The van der Waals surface area contributed by atoms with Crippen LogP contribution in [-0.2, 0) is 20.9 Å². The number of aromatic nitrogens is 2. The van der Waals surface area contributed by atoms with Gasteiger partial charge in [0.25, 0.3) is 0 Å². The van der Waals surface area contributed by atoms with E-state index in [0.29, 0.717) is 15.9 Å². The first-order chi connectivity index (χ1) is 14.0. The van der Waals surface area contributed by atoms with Gasteiger partial charge >= 0.3 is 5.97 Å². The van der Waals surface area contributed by atoms with Crippen molar-refractivity contribution in [1.82, 2.24) is 9.55 Å². The predicted molar refractivity (Wildman–Crippen MR) is 118 cm³/mol. The number of rotatable bonds is 7. The molecule has 3 aromatic rings. The number of carbonyl (C=O) groups excluding carboxylic acids is 2. The summed E-state index contributed by atoms with van der Waals surface area (Å²) < 4.78 is 7.51. The molecule has 150 valence electrons. The number of benzene rings is 2. The van der Waals surface area contributed by atoms with Crippen molar-refractivity contribution in [3.8, 4) is 11.3 Å². The largest absolute Gasteiger partial charge is 0.468 e. The van der Waals surface area contributed by atoms with E-state index in [0.717, 1.165) is 15.7 Å². The number of amides is 1. The van der Waals surface area contributed by atoms with Crippen molar-refractivity contribution >= 4 is 56.9 Å². The Morgan fingerprint density at radius 1 is 1.17 bits per heavy atom. The Bertz CT molecular complexity index is 1010. The second-order valence-corrected chi connectivity index (χ2v) is 8.23. The summed E-state index contributed by atoms with van der Waals surface area (Å²) in [5.74, 6) is -0.440. The van der Waals surface area contributed by atoms with Crippen LogP contribution in [0.25, 0.3) is 11.3 Å². The Hall–Kier alpha value is -2.29. The third-order valence-electron chi connectivity index (χ3n) is 3.93. The minimum atomic E-state index is -0.395. The van der Waals surface area contributed by atoms with Crippen molar-refractivity contribution in [1.29, 1.82) is 0 Å². The fourth-order valence-electron chi connectivity index (χ4n) is 2.53. The van der Waals surface area contributed by atoms with Crippen molar-refractivity contribution in [2.45, 2.75) is 11.7 Å². The SMILES string of the molecule is COC(=O)Cn1c(-c2ccc(Br)cc2)cnc1SCC(=O)Nc1ccc(Cl)cc1. The zero-order valence-electron chi connectivity index (χ0n) is 15.4. The number of imidazole rings is 1. The average molecular weight is 495 g/mol. The second kappa shape index (κ2) is 9.96. The van der Waals surface area contributed by atoms with Crippen LogP contribution < -0.4 is 5.32 Å². The van der Waals surface area contributed by atoms with Gasteiger partial charge in [-0.05, 0) is 42.0 Å². The van der Waals surface area contributed by atoms with E-state index >= 15 is 0 Å². The maximum absolute atomic E-state index is 12.3. The molecule has 0 spiro atoms. The molecule has 1 aromatic heterocycles. The number of esters is 1. The quantitative estimate of drug-likeness (QED) is 0.375. The molecule has 2 aromatic carbocycles. The van der Waals surface area contributed by atoms with Crippen LogP contribution >= 0.6 is 39.3 Å². The van der Waals surface area contributed by atoms with Crippen LogP contribution in [-0.4, -0.2) is 34.3 Å². The van der Waals surface area contributed by atoms with Gasteiger partial charge in [-0.15, -0.1) is 0 Å². The van der Waals surface area contributed by atoms with Gasteiger partial charge in [-0.2, -0.15) is 0 Å². The Morgan fingerprint density at radius 3 is 2.52 bits per heavy atom. The summed E-state index contributed by atoms with van der Waals surface area (Å²) in [4.78, 5) is 28.6. The number of nitrogens with zero attached hydrogens (tertiary/aromatic N) is 2. The number of halogens is 2. The molecule has 3 rings (SSSR count). The predicted octanol–water partition coefficient (Wildman–Crippen LogP) is 4.87. The molecule has 6 nitrogen and oxygen atoms in total. The number of nitrogens with one attached hydrogen (secondary N) is 1. The van der Waals surface area contributed by atoms with Gasteiger partial charge in [-0.1, -0.05) is 51.4 Å². The number of ether oxygens (including phenoxy) is 1. The highest BCUT2D eigenvalue weighted by Gasteiger charge is 2.17. The van der Waals surface area contributed by atoms with Crippen molar-refractivity contribution in [3.63, 3.8) is 0 Å². The number of carbonyl (C=O) groups is 2. The lowest BCUT2D eigenvalue weighted by Gasteiger charge is -2.11. The molecule has 0 saturated heterocycles. The molecular weight excluding hydrogens is 478 g/mol. The Balaban J connectivity index is 1.75. The van der Waals surface area contributed by atoms with Crippen LogP contribution in [0, 0.1) is 0 Å². The highest BCUT2D eigenvalue weighted by molar-refractivity contribution is 9.10. The van der Waals surface area contributed by atoms with Crippen LogP contribution in [0.5, 0.6) is 0 Å². The van der Waals surface area contributed by atoms with Crippen LogP contribution in [0.4, 0.5) is 5.69 Å². The van der Waals surface area contributed by atoms with Crippen molar-refractivity contribution in [2.75, 3.05) is 18.2 Å². The lowest BCUT2D eigenvalue weighted by Crippen LogP contribution is -2.16. The molecule has 29 heavy (non-hydrogen) atoms. The smallest absolute Gasteiger partial charge is 0.325 e. The minimum absolute atomic E-state index is 0.00301. The molecule has 1 amide bonds. The van der Waals surface area contributed by atoms with E-state index in [1.807, 2.05) is 24.3 Å². The topological polar surface area (TPSA) is 73.2 Å². The van der Waals surface area contributed by atoms with Crippen molar-refractivity contribution in [2.24, 2.45) is 0 Å². The summed E-state index contributed by atoms with van der Waals surface area (Å²) in [6.07, 6.45) is 1.69. The zero-order valence-corrected chi connectivity index (χ0v) is 18.6. The number of hydrogen-bond acceptors (Lipinski definition) is 5. The number of anilines is 1. The van der Waals surface area contributed by atoms with Crippen molar-refractivity contribution < 1.29 is 14.3 Å². The van der Waals surface area contributed by atoms with E-state index in [2.05, 4.69) is 26.2 Å². The Morgan fingerprint density at radius 2 is 1.86 bits per heavy atom. The third-order valence-corrected chi connectivity index (χ3v) is 5.71. The van der Waals surface area contributed by atoms with Crippen LogP contribution in [0.15, 0.2) is 64.4 Å². The van der Waals surface area contributed by atoms with E-state index in [4.69, 9.17) is 16.3 Å². The van der Waals surface area contributed by atoms with Crippen LogP contribution in [0.1, 0.15) is 0 Å². The molecule has 0 atom stereocenters. The maximum atomic E-state index is 12.3. The van der Waals surface area contributed by atoms with E-state index in [1.54, 1.807) is 35.0 Å². The monoisotopic (exact) mass is 493 g/mol. The lowest BCUT2D eigenvalue weighted by atomic mass is 10.2. The molecule has 1 N–H and O–H groups in total. The van der Waals surface area contributed by atoms with Gasteiger partial charge in [0.2, 0.25) is 5.91 Å². The summed E-state index contributed by atoms with van der Waals surface area (Å²) in [5, 5.41) is 3.96. The molecule has 0 aliphatic rings. The van der Waals surface area contributed by atoms with E-state index in [-0.39, 0.29) is 18.2 Å².